The average Bonchev–Trinajstić information content (AvgIpc) is 2.75. The molecule has 0 atom stereocenters. The number of hydrogen-bond acceptors (Lipinski definition) is 5. The molecule has 3 rings (SSSR count). The molecule has 2 aromatic rings. The molecule has 0 aliphatic carbocycles. The van der Waals surface area contributed by atoms with Gasteiger partial charge < -0.3 is 15.0 Å². The third kappa shape index (κ3) is 5.49. The number of fused-ring (bicyclic) bond motifs is 1. The molecule has 0 saturated carbocycles. The monoisotopic (exact) mass is 419 g/mol. The summed E-state index contributed by atoms with van der Waals surface area (Å²) in [7, 11) is 0. The van der Waals surface area contributed by atoms with Gasteiger partial charge in [0.15, 0.2) is 10.8 Å². The van der Waals surface area contributed by atoms with Gasteiger partial charge in [-0.1, -0.05) is 25.1 Å². The minimum absolute atomic E-state index is 0.182. The van der Waals surface area contributed by atoms with Crippen molar-refractivity contribution in [3.05, 3.63) is 40.3 Å². The summed E-state index contributed by atoms with van der Waals surface area (Å²) in [4.78, 5) is 26.7. The SMILES string of the molecule is CCCn1nc(C(=O)NNC(=S)NCC[NH+]2CCOCC2)c2ccccc2c1=O. The first-order valence-corrected chi connectivity index (χ1v) is 10.3. The molecule has 156 valence electrons. The number of amides is 1. The second-order valence-corrected chi connectivity index (χ2v) is 7.28. The summed E-state index contributed by atoms with van der Waals surface area (Å²) < 4.78 is 6.67. The van der Waals surface area contributed by atoms with Gasteiger partial charge in [0.2, 0.25) is 0 Å². The number of morpholine rings is 1. The van der Waals surface area contributed by atoms with Crippen molar-refractivity contribution in [2.45, 2.75) is 19.9 Å². The largest absolute Gasteiger partial charge is 0.370 e. The summed E-state index contributed by atoms with van der Waals surface area (Å²) in [5, 5.41) is 8.66. The number of aryl methyl sites for hydroxylation is 1. The van der Waals surface area contributed by atoms with Crippen LogP contribution < -0.4 is 26.6 Å². The Labute approximate surface area is 174 Å². The van der Waals surface area contributed by atoms with Crippen molar-refractivity contribution in [2.75, 3.05) is 39.4 Å². The Morgan fingerprint density at radius 3 is 2.69 bits per heavy atom. The highest BCUT2D eigenvalue weighted by Gasteiger charge is 2.17. The van der Waals surface area contributed by atoms with Crippen LogP contribution in [0.3, 0.4) is 0 Å². The van der Waals surface area contributed by atoms with Gasteiger partial charge >= 0.3 is 0 Å². The summed E-state index contributed by atoms with van der Waals surface area (Å²) in [6.07, 6.45) is 0.740. The molecule has 1 amide bonds. The molecule has 4 N–H and O–H groups in total. The molecule has 1 saturated heterocycles. The number of hydrogen-bond donors (Lipinski definition) is 4. The van der Waals surface area contributed by atoms with Crippen molar-refractivity contribution in [1.29, 1.82) is 0 Å². The summed E-state index contributed by atoms with van der Waals surface area (Å²) in [6.45, 7) is 7.57. The fraction of sp³-hybridized carbons (Fsp3) is 0.474. The number of carbonyl (C=O) groups is 1. The number of thiocarbonyl (C=S) groups is 1. The van der Waals surface area contributed by atoms with Gasteiger partial charge in [0.25, 0.3) is 11.5 Å². The van der Waals surface area contributed by atoms with Crippen molar-refractivity contribution in [1.82, 2.24) is 25.9 Å². The molecule has 0 radical (unpaired) electrons. The number of hydrazine groups is 1. The summed E-state index contributed by atoms with van der Waals surface area (Å²) in [5.74, 6) is -0.450. The Morgan fingerprint density at radius 1 is 1.24 bits per heavy atom. The van der Waals surface area contributed by atoms with Crippen molar-refractivity contribution in [3.63, 3.8) is 0 Å². The Bertz CT molecular complexity index is 926. The van der Waals surface area contributed by atoms with E-state index in [4.69, 9.17) is 17.0 Å². The quantitative estimate of drug-likeness (QED) is 0.346. The lowest BCUT2D eigenvalue weighted by Gasteiger charge is -2.24. The van der Waals surface area contributed by atoms with Gasteiger partial charge in [-0.25, -0.2) is 4.68 Å². The standard InChI is InChI=1S/C19H26N6O3S/c1-2-8-25-18(27)15-6-4-3-5-14(15)16(23-25)17(26)21-22-19(29)20-7-9-24-10-12-28-13-11-24/h3-6H,2,7-13H2,1H3,(H,21,26)(H2,20,22,29)/p+1. The van der Waals surface area contributed by atoms with Crippen LogP contribution in [0.4, 0.5) is 0 Å². The molecular weight excluding hydrogens is 392 g/mol. The fourth-order valence-corrected chi connectivity index (χ4v) is 3.40. The van der Waals surface area contributed by atoms with Crippen LogP contribution in [0.25, 0.3) is 10.8 Å². The Balaban J connectivity index is 1.60. The normalized spacial score (nSPS) is 14.5. The van der Waals surface area contributed by atoms with Crippen LogP contribution in [0.15, 0.2) is 29.1 Å². The molecule has 9 nitrogen and oxygen atoms in total. The molecule has 10 heteroatoms. The second-order valence-electron chi connectivity index (χ2n) is 6.87. The summed E-state index contributed by atoms with van der Waals surface area (Å²) in [5.41, 5.74) is 5.26. The van der Waals surface area contributed by atoms with E-state index in [1.807, 2.05) is 6.92 Å². The van der Waals surface area contributed by atoms with Crippen LogP contribution in [0.2, 0.25) is 0 Å². The van der Waals surface area contributed by atoms with Crippen LogP contribution in [-0.4, -0.2) is 60.2 Å². The lowest BCUT2D eigenvalue weighted by atomic mass is 10.1. The number of rotatable bonds is 6. The zero-order valence-electron chi connectivity index (χ0n) is 16.5. The van der Waals surface area contributed by atoms with Crippen LogP contribution in [0.1, 0.15) is 23.8 Å². The number of aromatic nitrogens is 2. The maximum atomic E-state index is 12.7. The molecule has 0 bridgehead atoms. The number of nitrogens with one attached hydrogen (secondary N) is 4. The van der Waals surface area contributed by atoms with Crippen LogP contribution in [0.5, 0.6) is 0 Å². The number of carbonyl (C=O) groups excluding carboxylic acids is 1. The number of quaternary nitrogens is 1. The van der Waals surface area contributed by atoms with E-state index in [1.54, 1.807) is 24.3 Å². The molecule has 1 fully saturated rings. The molecular formula is C19H27N6O3S+. The topological polar surface area (TPSA) is 102 Å². The van der Waals surface area contributed by atoms with Gasteiger partial charge in [-0.05, 0) is 24.7 Å². The molecule has 0 unspecified atom stereocenters. The number of ether oxygens (including phenoxy) is 1. The van der Waals surface area contributed by atoms with Crippen molar-refractivity contribution < 1.29 is 14.4 Å². The Morgan fingerprint density at radius 2 is 1.97 bits per heavy atom. The molecule has 1 aliphatic rings. The van der Waals surface area contributed by atoms with Crippen molar-refractivity contribution >= 4 is 34.0 Å². The van der Waals surface area contributed by atoms with Crippen LogP contribution in [0, 0.1) is 0 Å². The van der Waals surface area contributed by atoms with E-state index >= 15 is 0 Å². The predicted octanol–water partition coefficient (Wildman–Crippen LogP) is -1.17. The van der Waals surface area contributed by atoms with Gasteiger partial charge in [0.1, 0.15) is 13.1 Å². The second kappa shape index (κ2) is 10.3. The molecule has 0 spiro atoms. The highest BCUT2D eigenvalue weighted by molar-refractivity contribution is 7.80. The minimum Gasteiger partial charge on any atom is -0.370 e. The first kappa shape index (κ1) is 21.2. The smallest absolute Gasteiger partial charge is 0.290 e. The van der Waals surface area contributed by atoms with E-state index in [-0.39, 0.29) is 11.3 Å². The lowest BCUT2D eigenvalue weighted by Crippen LogP contribution is -3.14. The third-order valence-electron chi connectivity index (χ3n) is 4.77. The first-order chi connectivity index (χ1) is 14.1. The zero-order valence-corrected chi connectivity index (χ0v) is 17.3. The van der Waals surface area contributed by atoms with Gasteiger partial charge in [0.05, 0.1) is 31.7 Å². The van der Waals surface area contributed by atoms with Gasteiger partial charge in [-0.15, -0.1) is 0 Å². The maximum absolute atomic E-state index is 12.7. The molecule has 1 aliphatic heterocycles. The third-order valence-corrected chi connectivity index (χ3v) is 5.02. The van der Waals surface area contributed by atoms with Crippen molar-refractivity contribution in [2.24, 2.45) is 0 Å². The molecule has 1 aromatic carbocycles. The predicted molar refractivity (Wildman–Crippen MR) is 114 cm³/mol. The lowest BCUT2D eigenvalue weighted by molar-refractivity contribution is -0.906. The number of benzene rings is 1. The van der Waals surface area contributed by atoms with Crippen LogP contribution >= 0.6 is 12.2 Å². The summed E-state index contributed by atoms with van der Waals surface area (Å²) in [6, 6.07) is 6.97. The Kier molecular flexibility index (Phi) is 7.50. The van der Waals surface area contributed by atoms with Crippen LogP contribution in [-0.2, 0) is 11.3 Å². The highest BCUT2D eigenvalue weighted by Crippen LogP contribution is 2.13. The van der Waals surface area contributed by atoms with E-state index in [1.165, 1.54) is 9.58 Å². The van der Waals surface area contributed by atoms with E-state index < -0.39 is 5.91 Å². The average molecular weight is 420 g/mol. The fourth-order valence-electron chi connectivity index (χ4n) is 3.25. The van der Waals surface area contributed by atoms with Crippen molar-refractivity contribution in [3.8, 4) is 0 Å². The Hall–Kier alpha value is -2.56. The highest BCUT2D eigenvalue weighted by atomic mass is 32.1. The maximum Gasteiger partial charge on any atom is 0.290 e. The van der Waals surface area contributed by atoms with Gasteiger partial charge in [-0.2, -0.15) is 5.10 Å². The van der Waals surface area contributed by atoms with Gasteiger partial charge in [0, 0.05) is 11.9 Å². The van der Waals surface area contributed by atoms with E-state index in [0.29, 0.717) is 29.0 Å². The molecule has 2 heterocycles. The minimum atomic E-state index is -0.450. The van der Waals surface area contributed by atoms with E-state index in [2.05, 4.69) is 21.3 Å². The number of nitrogens with zero attached hydrogens (tertiary/aromatic N) is 2. The van der Waals surface area contributed by atoms with Gasteiger partial charge in [-0.3, -0.25) is 20.4 Å². The molecule has 1 aromatic heterocycles. The summed E-state index contributed by atoms with van der Waals surface area (Å²) >= 11 is 5.23. The first-order valence-electron chi connectivity index (χ1n) is 9.85. The van der Waals surface area contributed by atoms with E-state index in [9.17, 15) is 9.59 Å². The van der Waals surface area contributed by atoms with E-state index in [0.717, 1.165) is 39.3 Å². The molecule has 29 heavy (non-hydrogen) atoms. The zero-order chi connectivity index (χ0) is 20.6.